The predicted molar refractivity (Wildman–Crippen MR) is 133 cm³/mol. The minimum atomic E-state index is -0.994. The average Bonchev–Trinajstić information content (AvgIpc) is 3.51. The second kappa shape index (κ2) is 10.8. The molecule has 0 saturated carbocycles. The van der Waals surface area contributed by atoms with E-state index in [0.717, 1.165) is 40.6 Å². The molecule has 4 rings (SSSR count). The number of benzene rings is 1. The van der Waals surface area contributed by atoms with Gasteiger partial charge in [0.15, 0.2) is 0 Å². The molecule has 2 aromatic heterocycles. The Bertz CT molecular complexity index is 1310. The number of carboxylic acid groups (broad SMARTS) is 1. The van der Waals surface area contributed by atoms with Crippen LogP contribution < -0.4 is 0 Å². The van der Waals surface area contributed by atoms with Gasteiger partial charge >= 0.3 is 12.0 Å². The van der Waals surface area contributed by atoms with Crippen molar-refractivity contribution < 1.29 is 24.6 Å². The van der Waals surface area contributed by atoms with Crippen molar-refractivity contribution in [1.82, 2.24) is 24.3 Å². The van der Waals surface area contributed by atoms with E-state index in [-0.39, 0.29) is 17.8 Å². The van der Waals surface area contributed by atoms with Crippen molar-refractivity contribution in [3.63, 3.8) is 0 Å². The number of amides is 3. The van der Waals surface area contributed by atoms with Crippen LogP contribution in [0.3, 0.4) is 0 Å². The van der Waals surface area contributed by atoms with Gasteiger partial charge in [-0.25, -0.2) is 24.5 Å². The normalized spacial score (nSPS) is 14.9. The zero-order chi connectivity index (χ0) is 25.8. The molecule has 1 saturated heterocycles. The number of nitrogens with zero attached hydrogens (tertiary/aromatic N) is 5. The maximum Gasteiger partial charge on any atom is 0.335 e. The molecule has 1 aliphatic rings. The molecule has 0 radical (unpaired) electrons. The fourth-order valence-electron chi connectivity index (χ4n) is 3.99. The number of rotatable bonds is 10. The van der Waals surface area contributed by atoms with Crippen molar-refractivity contribution in [2.75, 3.05) is 6.73 Å². The molecule has 0 atom stereocenters. The van der Waals surface area contributed by atoms with Crippen molar-refractivity contribution in [2.45, 2.75) is 46.2 Å². The lowest BCUT2D eigenvalue weighted by molar-refractivity contribution is -0.125. The van der Waals surface area contributed by atoms with E-state index in [1.54, 1.807) is 36.5 Å². The summed E-state index contributed by atoms with van der Waals surface area (Å²) in [5.74, 6) is -0.766. The van der Waals surface area contributed by atoms with Gasteiger partial charge < -0.3 is 14.8 Å². The monoisotopic (exact) mass is 509 g/mol. The molecule has 3 amide bonds. The lowest BCUT2D eigenvalue weighted by Crippen LogP contribution is -2.33. The summed E-state index contributed by atoms with van der Waals surface area (Å²) in [5, 5.41) is 21.5. The molecule has 3 heterocycles. The van der Waals surface area contributed by atoms with Gasteiger partial charge in [0.05, 0.1) is 34.7 Å². The highest BCUT2D eigenvalue weighted by molar-refractivity contribution is 7.09. The van der Waals surface area contributed by atoms with E-state index in [0.29, 0.717) is 17.9 Å². The fraction of sp³-hybridized carbons (Fsp3) is 0.320. The van der Waals surface area contributed by atoms with E-state index >= 15 is 0 Å². The van der Waals surface area contributed by atoms with Crippen molar-refractivity contribution >= 4 is 35.3 Å². The first-order chi connectivity index (χ1) is 17.3. The fourth-order valence-corrected chi connectivity index (χ4v) is 4.59. The molecule has 1 aromatic carbocycles. The third kappa shape index (κ3) is 5.21. The zero-order valence-electron chi connectivity index (χ0n) is 20.0. The van der Waals surface area contributed by atoms with E-state index in [2.05, 4.69) is 16.9 Å². The second-order valence-corrected chi connectivity index (χ2v) is 9.48. The van der Waals surface area contributed by atoms with Crippen LogP contribution in [0.5, 0.6) is 0 Å². The Kier molecular flexibility index (Phi) is 7.61. The number of aryl methyl sites for hydroxylation is 2. The van der Waals surface area contributed by atoms with Crippen LogP contribution in [0.1, 0.15) is 57.9 Å². The molecule has 188 valence electrons. The highest BCUT2D eigenvalue weighted by Gasteiger charge is 2.41. The summed E-state index contributed by atoms with van der Waals surface area (Å²) in [6.07, 6.45) is 5.91. The van der Waals surface area contributed by atoms with E-state index in [4.69, 9.17) is 0 Å². The number of thiazole rings is 1. The molecule has 0 spiro atoms. The van der Waals surface area contributed by atoms with Gasteiger partial charge in [-0.2, -0.15) is 0 Å². The van der Waals surface area contributed by atoms with Crippen LogP contribution in [0.15, 0.2) is 41.5 Å². The number of imide groups is 1. The maximum atomic E-state index is 13.0. The number of hydrogen-bond acceptors (Lipinski definition) is 7. The molecule has 0 bridgehead atoms. The third-order valence-electron chi connectivity index (χ3n) is 5.89. The summed E-state index contributed by atoms with van der Waals surface area (Å²) < 4.78 is 1.96. The maximum absolute atomic E-state index is 13.0. The topological polar surface area (TPSA) is 129 Å². The SMILES string of the molecule is CCCCc1ncc(/C=C2\C(=O)N(CO)C(=O)N2Cc2csc(C)n2)n1Cc1ccc(C(=O)O)cc1. The third-order valence-corrected chi connectivity index (χ3v) is 6.72. The Hall–Kier alpha value is -3.83. The number of carboxylic acids is 1. The highest BCUT2D eigenvalue weighted by Crippen LogP contribution is 2.27. The second-order valence-electron chi connectivity index (χ2n) is 8.42. The summed E-state index contributed by atoms with van der Waals surface area (Å²) in [6.45, 7) is 3.74. The first kappa shape index (κ1) is 25.3. The van der Waals surface area contributed by atoms with Gasteiger partial charge in [0, 0.05) is 18.3 Å². The number of unbranched alkanes of at least 4 members (excludes halogenated alkanes) is 1. The van der Waals surface area contributed by atoms with Crippen LogP contribution in [0.4, 0.5) is 4.79 Å². The molecule has 10 nitrogen and oxygen atoms in total. The predicted octanol–water partition coefficient (Wildman–Crippen LogP) is 3.49. The van der Waals surface area contributed by atoms with Crippen LogP contribution in [-0.2, 0) is 24.3 Å². The minimum Gasteiger partial charge on any atom is -0.478 e. The van der Waals surface area contributed by atoms with Gasteiger partial charge in [-0.05, 0) is 37.1 Å². The van der Waals surface area contributed by atoms with E-state index < -0.39 is 24.6 Å². The van der Waals surface area contributed by atoms with Gasteiger partial charge in [0.1, 0.15) is 18.3 Å². The lowest BCUT2D eigenvalue weighted by Gasteiger charge is -2.16. The highest BCUT2D eigenvalue weighted by atomic mass is 32.1. The Balaban J connectivity index is 1.72. The molecule has 0 unspecified atom stereocenters. The molecule has 0 aliphatic carbocycles. The van der Waals surface area contributed by atoms with Crippen LogP contribution >= 0.6 is 11.3 Å². The summed E-state index contributed by atoms with van der Waals surface area (Å²) in [5.41, 5.74) is 2.48. The molecule has 11 heteroatoms. The van der Waals surface area contributed by atoms with Crippen LogP contribution in [0.25, 0.3) is 6.08 Å². The van der Waals surface area contributed by atoms with Crippen molar-refractivity contribution in [2.24, 2.45) is 0 Å². The van der Waals surface area contributed by atoms with Gasteiger partial charge in [-0.15, -0.1) is 11.3 Å². The van der Waals surface area contributed by atoms with Crippen LogP contribution in [0.2, 0.25) is 0 Å². The van der Waals surface area contributed by atoms with Gasteiger partial charge in [-0.3, -0.25) is 9.69 Å². The standard InChI is InChI=1S/C25H27N5O5S/c1-3-4-5-22-26-11-20(28(22)12-17-6-8-18(9-7-17)24(33)34)10-21-23(32)30(15-31)25(35)29(21)13-19-14-36-16(2)27-19/h6-11,14,31H,3-5,12-13,15H2,1-2H3,(H,33,34)/b21-10+. The Labute approximate surface area is 212 Å². The first-order valence-electron chi connectivity index (χ1n) is 11.6. The molecule has 1 fully saturated rings. The summed E-state index contributed by atoms with van der Waals surface area (Å²) in [6, 6.07) is 5.99. The Morgan fingerprint density at radius 2 is 1.89 bits per heavy atom. The summed E-state index contributed by atoms with van der Waals surface area (Å²) in [4.78, 5) is 48.2. The number of aliphatic hydroxyl groups is 1. The number of hydrogen-bond donors (Lipinski definition) is 2. The lowest BCUT2D eigenvalue weighted by atomic mass is 10.1. The number of carbonyl (C=O) groups is 3. The zero-order valence-corrected chi connectivity index (χ0v) is 20.9. The molecular formula is C25H27N5O5S. The number of carbonyl (C=O) groups excluding carboxylic acids is 2. The first-order valence-corrected chi connectivity index (χ1v) is 12.4. The molecule has 1 aliphatic heterocycles. The van der Waals surface area contributed by atoms with Crippen LogP contribution in [-0.4, -0.2) is 59.2 Å². The van der Waals surface area contributed by atoms with Gasteiger partial charge in [0.25, 0.3) is 5.91 Å². The Morgan fingerprint density at radius 1 is 1.14 bits per heavy atom. The Morgan fingerprint density at radius 3 is 2.50 bits per heavy atom. The largest absolute Gasteiger partial charge is 0.478 e. The van der Waals surface area contributed by atoms with Crippen molar-refractivity contribution in [3.8, 4) is 0 Å². The number of imidazole rings is 1. The summed E-state index contributed by atoms with van der Waals surface area (Å²) in [7, 11) is 0. The number of aromatic carboxylic acids is 1. The summed E-state index contributed by atoms with van der Waals surface area (Å²) >= 11 is 1.45. The quantitative estimate of drug-likeness (QED) is 0.316. The average molecular weight is 510 g/mol. The van der Waals surface area contributed by atoms with Gasteiger partial charge in [0.2, 0.25) is 0 Å². The van der Waals surface area contributed by atoms with E-state index in [1.165, 1.54) is 16.2 Å². The van der Waals surface area contributed by atoms with E-state index in [1.807, 2.05) is 16.9 Å². The van der Waals surface area contributed by atoms with Crippen molar-refractivity contribution in [3.05, 3.63) is 74.9 Å². The molecule has 36 heavy (non-hydrogen) atoms. The number of urea groups is 1. The van der Waals surface area contributed by atoms with E-state index in [9.17, 15) is 24.6 Å². The molecular weight excluding hydrogens is 482 g/mol. The van der Waals surface area contributed by atoms with Gasteiger partial charge in [-0.1, -0.05) is 25.5 Å². The number of aromatic nitrogens is 3. The van der Waals surface area contributed by atoms with Crippen LogP contribution in [0, 0.1) is 6.92 Å². The number of aliphatic hydroxyl groups excluding tert-OH is 1. The molecule has 3 aromatic rings. The minimum absolute atomic E-state index is 0.102. The smallest absolute Gasteiger partial charge is 0.335 e. The molecule has 2 N–H and O–H groups in total. The van der Waals surface area contributed by atoms with Crippen molar-refractivity contribution in [1.29, 1.82) is 0 Å².